The van der Waals surface area contributed by atoms with Gasteiger partial charge in [-0.3, -0.25) is 15.0 Å². The van der Waals surface area contributed by atoms with Gasteiger partial charge in [-0.25, -0.2) is 0 Å². The Balaban J connectivity index is 2.05. The molecule has 0 amide bonds. The number of hydrogen-bond donors (Lipinski definition) is 1. The summed E-state index contributed by atoms with van der Waals surface area (Å²) in [7, 11) is 1.43. The Hall–Kier alpha value is -1.86. The molecular weight excluding hydrogens is 274 g/mol. The van der Waals surface area contributed by atoms with E-state index in [4.69, 9.17) is 9.47 Å². The molecule has 21 heavy (non-hydrogen) atoms. The zero-order valence-corrected chi connectivity index (χ0v) is 12.4. The molecule has 1 saturated heterocycles. The van der Waals surface area contributed by atoms with Crippen molar-refractivity contribution in [3.8, 4) is 5.75 Å². The van der Waals surface area contributed by atoms with Gasteiger partial charge in [0.15, 0.2) is 5.75 Å². The van der Waals surface area contributed by atoms with Crippen molar-refractivity contribution < 1.29 is 14.4 Å². The fourth-order valence-corrected chi connectivity index (χ4v) is 2.47. The Morgan fingerprint density at radius 1 is 1.48 bits per heavy atom. The number of hydrogen-bond acceptors (Lipinski definition) is 6. The number of nitrogens with zero attached hydrogens (tertiary/aromatic N) is 2. The Morgan fingerprint density at radius 2 is 2.19 bits per heavy atom. The van der Waals surface area contributed by atoms with E-state index < -0.39 is 4.92 Å². The summed E-state index contributed by atoms with van der Waals surface area (Å²) in [6.45, 7) is 6.10. The second-order valence-corrected chi connectivity index (χ2v) is 5.07. The van der Waals surface area contributed by atoms with Crippen LogP contribution in [-0.2, 0) is 4.74 Å². The van der Waals surface area contributed by atoms with Crippen LogP contribution in [0.25, 0.3) is 0 Å². The van der Waals surface area contributed by atoms with Crippen LogP contribution in [0.1, 0.15) is 6.92 Å². The molecule has 1 aliphatic rings. The number of nitro groups is 1. The lowest BCUT2D eigenvalue weighted by Gasteiger charge is -2.29. The van der Waals surface area contributed by atoms with E-state index >= 15 is 0 Å². The number of rotatable bonds is 6. The topological polar surface area (TPSA) is 76.9 Å². The summed E-state index contributed by atoms with van der Waals surface area (Å²) in [5.41, 5.74) is 0.467. The van der Waals surface area contributed by atoms with Crippen LogP contribution in [0.15, 0.2) is 18.2 Å². The Bertz CT molecular complexity index is 489. The average Bonchev–Trinajstić information content (AvgIpc) is 2.47. The second kappa shape index (κ2) is 7.24. The van der Waals surface area contributed by atoms with Crippen molar-refractivity contribution in [2.24, 2.45) is 0 Å². The van der Waals surface area contributed by atoms with Crippen LogP contribution >= 0.6 is 0 Å². The van der Waals surface area contributed by atoms with E-state index in [-0.39, 0.29) is 17.5 Å². The molecular formula is C14H21N3O4. The molecule has 0 radical (unpaired) electrons. The summed E-state index contributed by atoms with van der Waals surface area (Å²) in [6, 6.07) is 5.14. The largest absolute Gasteiger partial charge is 0.490 e. The van der Waals surface area contributed by atoms with Crippen molar-refractivity contribution in [3.63, 3.8) is 0 Å². The molecule has 0 saturated carbocycles. The number of methoxy groups -OCH3 is 1. The van der Waals surface area contributed by atoms with Gasteiger partial charge in [-0.1, -0.05) is 6.07 Å². The number of ether oxygens (including phenoxy) is 2. The quantitative estimate of drug-likeness (QED) is 0.636. The van der Waals surface area contributed by atoms with Crippen LogP contribution in [-0.4, -0.2) is 55.8 Å². The fourth-order valence-electron chi connectivity index (χ4n) is 2.47. The molecule has 7 heteroatoms. The van der Waals surface area contributed by atoms with Crippen molar-refractivity contribution >= 4 is 11.4 Å². The molecule has 1 heterocycles. The van der Waals surface area contributed by atoms with E-state index in [0.717, 1.165) is 32.8 Å². The third kappa shape index (κ3) is 4.05. The maximum atomic E-state index is 11.2. The van der Waals surface area contributed by atoms with Gasteiger partial charge in [0.05, 0.1) is 25.2 Å². The Kier molecular flexibility index (Phi) is 5.35. The summed E-state index contributed by atoms with van der Waals surface area (Å²) in [6.07, 6.45) is 0. The minimum Gasteiger partial charge on any atom is -0.490 e. The number of nitro benzene ring substituents is 1. The lowest BCUT2D eigenvalue weighted by atomic mass is 10.2. The van der Waals surface area contributed by atoms with Gasteiger partial charge in [0, 0.05) is 25.7 Å². The van der Waals surface area contributed by atoms with Crippen LogP contribution in [0.5, 0.6) is 5.75 Å². The normalized spacial score (nSPS) is 17.2. The highest BCUT2D eigenvalue weighted by atomic mass is 16.6. The zero-order valence-electron chi connectivity index (χ0n) is 12.4. The summed E-state index contributed by atoms with van der Waals surface area (Å²) in [4.78, 5) is 13.1. The highest BCUT2D eigenvalue weighted by Crippen LogP contribution is 2.34. The van der Waals surface area contributed by atoms with Crippen LogP contribution in [0.3, 0.4) is 0 Å². The third-order valence-corrected chi connectivity index (χ3v) is 3.44. The van der Waals surface area contributed by atoms with E-state index in [9.17, 15) is 10.1 Å². The summed E-state index contributed by atoms with van der Waals surface area (Å²) in [5.74, 6) is 0.267. The molecule has 1 aromatic rings. The van der Waals surface area contributed by atoms with Gasteiger partial charge in [0.1, 0.15) is 5.69 Å². The van der Waals surface area contributed by atoms with Gasteiger partial charge >= 0.3 is 5.69 Å². The standard InChI is InChI=1S/C14H21N3O4/c1-11(10-16-6-8-21-9-7-16)15-12-4-3-5-13(20-2)14(12)17(18)19/h3-5,11,15H,6-10H2,1-2H3. The van der Waals surface area contributed by atoms with Gasteiger partial charge in [0.25, 0.3) is 0 Å². The minimum absolute atomic E-state index is 0.0196. The SMILES string of the molecule is COc1cccc(NC(C)CN2CCOCC2)c1[N+](=O)[O-]. The molecule has 0 aromatic heterocycles. The molecule has 0 aliphatic carbocycles. The second-order valence-electron chi connectivity index (χ2n) is 5.07. The summed E-state index contributed by atoms with van der Waals surface area (Å²) < 4.78 is 10.4. The van der Waals surface area contributed by atoms with Gasteiger partial charge in [0.2, 0.25) is 0 Å². The van der Waals surface area contributed by atoms with Crippen LogP contribution < -0.4 is 10.1 Å². The lowest BCUT2D eigenvalue weighted by molar-refractivity contribution is -0.384. The van der Waals surface area contributed by atoms with Crippen molar-refractivity contribution in [1.82, 2.24) is 4.90 Å². The number of benzene rings is 1. The first-order chi connectivity index (χ1) is 10.1. The minimum atomic E-state index is -0.414. The van der Waals surface area contributed by atoms with Gasteiger partial charge in [-0.05, 0) is 19.1 Å². The summed E-state index contributed by atoms with van der Waals surface area (Å²) in [5, 5.41) is 14.4. The maximum Gasteiger partial charge on any atom is 0.333 e. The monoisotopic (exact) mass is 295 g/mol. The third-order valence-electron chi connectivity index (χ3n) is 3.44. The smallest absolute Gasteiger partial charge is 0.333 e. The van der Waals surface area contributed by atoms with Gasteiger partial charge in [-0.2, -0.15) is 0 Å². The van der Waals surface area contributed by atoms with Crippen molar-refractivity contribution in [2.45, 2.75) is 13.0 Å². The number of morpholine rings is 1. The molecule has 1 aromatic carbocycles. The van der Waals surface area contributed by atoms with Gasteiger partial charge in [-0.15, -0.1) is 0 Å². The predicted octanol–water partition coefficient (Wildman–Crippen LogP) is 1.74. The highest BCUT2D eigenvalue weighted by Gasteiger charge is 2.22. The number of nitrogens with one attached hydrogen (secondary N) is 1. The van der Waals surface area contributed by atoms with Crippen molar-refractivity contribution in [3.05, 3.63) is 28.3 Å². The van der Waals surface area contributed by atoms with Crippen molar-refractivity contribution in [1.29, 1.82) is 0 Å². The summed E-state index contributed by atoms with van der Waals surface area (Å²) >= 11 is 0. The Morgan fingerprint density at radius 3 is 2.81 bits per heavy atom. The molecule has 1 fully saturated rings. The first-order valence-electron chi connectivity index (χ1n) is 7.00. The molecule has 7 nitrogen and oxygen atoms in total. The molecule has 1 N–H and O–H groups in total. The molecule has 2 rings (SSSR count). The molecule has 1 unspecified atom stereocenters. The highest BCUT2D eigenvalue weighted by molar-refractivity contribution is 5.68. The Labute approximate surface area is 124 Å². The first-order valence-corrected chi connectivity index (χ1v) is 7.00. The van der Waals surface area contributed by atoms with E-state index in [1.165, 1.54) is 7.11 Å². The van der Waals surface area contributed by atoms with Crippen LogP contribution in [0.4, 0.5) is 11.4 Å². The first kappa shape index (κ1) is 15.5. The van der Waals surface area contributed by atoms with Crippen LogP contribution in [0, 0.1) is 10.1 Å². The molecule has 0 bridgehead atoms. The van der Waals surface area contributed by atoms with E-state index in [2.05, 4.69) is 10.2 Å². The molecule has 116 valence electrons. The average molecular weight is 295 g/mol. The van der Waals surface area contributed by atoms with Crippen LogP contribution in [0.2, 0.25) is 0 Å². The zero-order chi connectivity index (χ0) is 15.2. The van der Waals surface area contributed by atoms with E-state index in [1.807, 2.05) is 6.92 Å². The van der Waals surface area contributed by atoms with E-state index in [1.54, 1.807) is 18.2 Å². The number of para-hydroxylation sites is 1. The van der Waals surface area contributed by atoms with E-state index in [0.29, 0.717) is 5.69 Å². The fraction of sp³-hybridized carbons (Fsp3) is 0.571. The lowest BCUT2D eigenvalue weighted by Crippen LogP contribution is -2.42. The van der Waals surface area contributed by atoms with Gasteiger partial charge < -0.3 is 14.8 Å². The van der Waals surface area contributed by atoms with Crippen molar-refractivity contribution in [2.75, 3.05) is 45.3 Å². The molecule has 0 spiro atoms. The maximum absolute atomic E-state index is 11.2. The number of anilines is 1. The molecule has 1 aliphatic heterocycles. The molecule has 1 atom stereocenters. The predicted molar refractivity (Wildman–Crippen MR) is 80.0 cm³/mol.